The molecule has 12 heavy (non-hydrogen) atoms. The number of rotatable bonds is 6. The van der Waals surface area contributed by atoms with Gasteiger partial charge in [0.05, 0.1) is 12.1 Å². The lowest BCUT2D eigenvalue weighted by molar-refractivity contribution is 0.0161. The largest absolute Gasteiger partial charge is 0.376 e. The van der Waals surface area contributed by atoms with Crippen LogP contribution in [0.5, 0.6) is 0 Å². The maximum atomic E-state index is 5.61. The topological polar surface area (TPSA) is 21.3 Å². The van der Waals surface area contributed by atoms with E-state index < -0.39 is 0 Å². The number of hydrogen-bond acceptors (Lipinski definition) is 2. The van der Waals surface area contributed by atoms with E-state index in [4.69, 9.17) is 4.74 Å². The first-order valence-electron chi connectivity index (χ1n) is 4.58. The minimum Gasteiger partial charge on any atom is -0.376 e. The summed E-state index contributed by atoms with van der Waals surface area (Å²) in [5.41, 5.74) is 0. The van der Waals surface area contributed by atoms with E-state index in [0.717, 1.165) is 6.61 Å². The highest BCUT2D eigenvalue weighted by Gasteiger charge is 2.20. The van der Waals surface area contributed by atoms with Crippen molar-refractivity contribution in [3.8, 4) is 0 Å². The molecule has 0 heterocycles. The summed E-state index contributed by atoms with van der Waals surface area (Å²) < 4.78 is 5.61. The summed E-state index contributed by atoms with van der Waals surface area (Å²) in [5, 5.41) is 3.17. The molecule has 0 spiro atoms. The van der Waals surface area contributed by atoms with E-state index in [1.165, 1.54) is 0 Å². The minimum atomic E-state index is 0.234. The van der Waals surface area contributed by atoms with Crippen LogP contribution < -0.4 is 5.32 Å². The van der Waals surface area contributed by atoms with Gasteiger partial charge in [-0.2, -0.15) is 0 Å². The molecule has 0 radical (unpaired) electrons. The SMILES string of the molecule is C=CC(NC)C(OCC)C(C)C. The van der Waals surface area contributed by atoms with Gasteiger partial charge in [0, 0.05) is 6.61 Å². The average Bonchev–Trinajstić information content (AvgIpc) is 2.05. The zero-order valence-corrected chi connectivity index (χ0v) is 8.63. The summed E-state index contributed by atoms with van der Waals surface area (Å²) >= 11 is 0. The molecule has 0 aromatic carbocycles. The Balaban J connectivity index is 4.14. The molecule has 0 saturated heterocycles. The lowest BCUT2D eigenvalue weighted by Crippen LogP contribution is -2.41. The Bertz CT molecular complexity index is 123. The molecular weight excluding hydrogens is 150 g/mol. The van der Waals surface area contributed by atoms with E-state index in [2.05, 4.69) is 25.7 Å². The molecule has 72 valence electrons. The van der Waals surface area contributed by atoms with Gasteiger partial charge in [0.25, 0.3) is 0 Å². The Kier molecular flexibility index (Phi) is 6.03. The van der Waals surface area contributed by atoms with E-state index in [9.17, 15) is 0 Å². The minimum absolute atomic E-state index is 0.234. The highest BCUT2D eigenvalue weighted by molar-refractivity contribution is 4.92. The van der Waals surface area contributed by atoms with E-state index in [0.29, 0.717) is 5.92 Å². The number of nitrogens with one attached hydrogen (secondary N) is 1. The molecule has 0 aliphatic heterocycles. The molecule has 0 fully saturated rings. The molecule has 0 aliphatic carbocycles. The lowest BCUT2D eigenvalue weighted by atomic mass is 9.99. The smallest absolute Gasteiger partial charge is 0.0786 e. The second-order valence-electron chi connectivity index (χ2n) is 3.21. The van der Waals surface area contributed by atoms with Gasteiger partial charge in [-0.05, 0) is 19.9 Å². The van der Waals surface area contributed by atoms with Crippen LogP contribution in [0.2, 0.25) is 0 Å². The summed E-state index contributed by atoms with van der Waals surface area (Å²) in [7, 11) is 1.93. The van der Waals surface area contributed by atoms with Crippen LogP contribution in [0, 0.1) is 5.92 Å². The van der Waals surface area contributed by atoms with E-state index >= 15 is 0 Å². The molecular formula is C10H21NO. The Morgan fingerprint density at radius 2 is 2.08 bits per heavy atom. The van der Waals surface area contributed by atoms with Gasteiger partial charge in [-0.3, -0.25) is 0 Å². The van der Waals surface area contributed by atoms with Crippen LogP contribution in [-0.2, 0) is 4.74 Å². The molecule has 0 aromatic rings. The van der Waals surface area contributed by atoms with Gasteiger partial charge in [-0.15, -0.1) is 6.58 Å². The van der Waals surface area contributed by atoms with Gasteiger partial charge < -0.3 is 10.1 Å². The summed E-state index contributed by atoms with van der Waals surface area (Å²) in [6, 6.07) is 0.255. The highest BCUT2D eigenvalue weighted by atomic mass is 16.5. The first kappa shape index (κ1) is 11.7. The van der Waals surface area contributed by atoms with Crippen LogP contribution in [0.1, 0.15) is 20.8 Å². The van der Waals surface area contributed by atoms with Crippen LogP contribution in [0.3, 0.4) is 0 Å². The molecule has 2 unspecified atom stereocenters. The highest BCUT2D eigenvalue weighted by Crippen LogP contribution is 2.11. The average molecular weight is 171 g/mol. The third kappa shape index (κ3) is 3.37. The predicted octanol–water partition coefficient (Wildman–Crippen LogP) is 1.82. The molecule has 0 aliphatic rings. The first-order valence-corrected chi connectivity index (χ1v) is 4.58. The molecule has 0 rings (SSSR count). The first-order chi connectivity index (χ1) is 5.67. The fraction of sp³-hybridized carbons (Fsp3) is 0.800. The van der Waals surface area contributed by atoms with Crippen LogP contribution in [0.15, 0.2) is 12.7 Å². The van der Waals surface area contributed by atoms with Gasteiger partial charge in [-0.1, -0.05) is 19.9 Å². The van der Waals surface area contributed by atoms with Crippen molar-refractivity contribution in [1.82, 2.24) is 5.32 Å². The van der Waals surface area contributed by atoms with Crippen molar-refractivity contribution in [1.29, 1.82) is 0 Å². The van der Waals surface area contributed by atoms with Crippen molar-refractivity contribution in [2.24, 2.45) is 5.92 Å². The van der Waals surface area contributed by atoms with Crippen molar-refractivity contribution in [3.05, 3.63) is 12.7 Å². The van der Waals surface area contributed by atoms with Crippen LogP contribution in [0.25, 0.3) is 0 Å². The number of ether oxygens (including phenoxy) is 1. The van der Waals surface area contributed by atoms with Crippen molar-refractivity contribution >= 4 is 0 Å². The standard InChI is InChI=1S/C10H21NO/c1-6-9(11-5)10(8(3)4)12-7-2/h6,8-11H,1,7H2,2-5H3. The van der Waals surface area contributed by atoms with Gasteiger partial charge in [0.15, 0.2) is 0 Å². The zero-order valence-electron chi connectivity index (χ0n) is 8.63. The maximum absolute atomic E-state index is 5.61. The van der Waals surface area contributed by atoms with Crippen LogP contribution in [-0.4, -0.2) is 25.8 Å². The Morgan fingerprint density at radius 1 is 1.50 bits per heavy atom. The molecule has 1 N–H and O–H groups in total. The van der Waals surface area contributed by atoms with E-state index in [1.807, 2.05) is 20.0 Å². The van der Waals surface area contributed by atoms with Crippen molar-refractivity contribution < 1.29 is 4.74 Å². The third-order valence-electron chi connectivity index (χ3n) is 1.96. The molecule has 0 bridgehead atoms. The van der Waals surface area contributed by atoms with Gasteiger partial charge in [-0.25, -0.2) is 0 Å². The van der Waals surface area contributed by atoms with Crippen LogP contribution >= 0.6 is 0 Å². The Morgan fingerprint density at radius 3 is 2.33 bits per heavy atom. The monoisotopic (exact) mass is 171 g/mol. The second kappa shape index (κ2) is 6.21. The van der Waals surface area contributed by atoms with Crippen molar-refractivity contribution in [2.45, 2.75) is 32.9 Å². The zero-order chi connectivity index (χ0) is 9.56. The Hall–Kier alpha value is -0.340. The summed E-state index contributed by atoms with van der Waals surface area (Å²) in [6.45, 7) is 10.9. The maximum Gasteiger partial charge on any atom is 0.0786 e. The van der Waals surface area contributed by atoms with Gasteiger partial charge in [0.1, 0.15) is 0 Å². The summed E-state index contributed by atoms with van der Waals surface area (Å²) in [6.07, 6.45) is 2.14. The molecule has 0 aromatic heterocycles. The number of likely N-dealkylation sites (N-methyl/N-ethyl adjacent to an activating group) is 1. The van der Waals surface area contributed by atoms with E-state index in [1.54, 1.807) is 0 Å². The summed E-state index contributed by atoms with van der Waals surface area (Å²) in [4.78, 5) is 0. The quantitative estimate of drug-likeness (QED) is 0.615. The molecule has 2 nitrogen and oxygen atoms in total. The number of hydrogen-bond donors (Lipinski definition) is 1. The van der Waals surface area contributed by atoms with Crippen molar-refractivity contribution in [2.75, 3.05) is 13.7 Å². The van der Waals surface area contributed by atoms with Crippen molar-refractivity contribution in [3.63, 3.8) is 0 Å². The van der Waals surface area contributed by atoms with Crippen LogP contribution in [0.4, 0.5) is 0 Å². The summed E-state index contributed by atoms with van der Waals surface area (Å²) in [5.74, 6) is 0.514. The third-order valence-corrected chi connectivity index (χ3v) is 1.96. The molecule has 0 saturated carbocycles. The van der Waals surface area contributed by atoms with Gasteiger partial charge >= 0.3 is 0 Å². The molecule has 0 amide bonds. The Labute approximate surface area is 76.0 Å². The predicted molar refractivity (Wildman–Crippen MR) is 53.3 cm³/mol. The van der Waals surface area contributed by atoms with E-state index in [-0.39, 0.29) is 12.1 Å². The normalized spacial score (nSPS) is 16.1. The fourth-order valence-corrected chi connectivity index (χ4v) is 1.32. The second-order valence-corrected chi connectivity index (χ2v) is 3.21. The van der Waals surface area contributed by atoms with Gasteiger partial charge in [0.2, 0.25) is 0 Å². The molecule has 2 atom stereocenters. The fourth-order valence-electron chi connectivity index (χ4n) is 1.32. The molecule has 2 heteroatoms. The lowest BCUT2D eigenvalue weighted by Gasteiger charge is -2.27.